The maximum absolute atomic E-state index is 11.7. The van der Waals surface area contributed by atoms with E-state index in [-0.39, 0.29) is 11.2 Å². The van der Waals surface area contributed by atoms with Crippen molar-refractivity contribution in [3.63, 3.8) is 0 Å². The molecule has 1 fully saturated rings. The molecule has 0 radical (unpaired) electrons. The highest BCUT2D eigenvalue weighted by atomic mass is 79.9. The van der Waals surface area contributed by atoms with Gasteiger partial charge in [-0.3, -0.25) is 4.79 Å². The molecule has 1 aliphatic rings. The molecule has 15 heavy (non-hydrogen) atoms. The fraction of sp³-hybridized carbons (Fsp3) is 0.500. The van der Waals surface area contributed by atoms with Crippen LogP contribution in [0.1, 0.15) is 17.7 Å². The minimum atomic E-state index is 0.184. The van der Waals surface area contributed by atoms with Crippen LogP contribution in [0, 0.1) is 0 Å². The van der Waals surface area contributed by atoms with E-state index in [0.717, 1.165) is 16.6 Å². The summed E-state index contributed by atoms with van der Waals surface area (Å²) in [5.74, 6) is 1.32. The van der Waals surface area contributed by atoms with Gasteiger partial charge >= 0.3 is 0 Å². The van der Waals surface area contributed by atoms with E-state index in [1.54, 1.807) is 23.1 Å². The van der Waals surface area contributed by atoms with E-state index >= 15 is 0 Å². The van der Waals surface area contributed by atoms with E-state index in [9.17, 15) is 4.79 Å². The first kappa shape index (κ1) is 11.5. The van der Waals surface area contributed by atoms with Gasteiger partial charge in [-0.1, -0.05) is 0 Å². The highest BCUT2D eigenvalue weighted by molar-refractivity contribution is 9.10. The van der Waals surface area contributed by atoms with Crippen molar-refractivity contribution in [3.8, 4) is 0 Å². The van der Waals surface area contributed by atoms with Crippen molar-refractivity contribution in [3.05, 3.63) is 20.8 Å². The molecule has 1 amide bonds. The van der Waals surface area contributed by atoms with Gasteiger partial charge in [0, 0.05) is 9.35 Å². The molecule has 2 nitrogen and oxygen atoms in total. The Hall–Kier alpha value is -0.000000000000000111. The topological polar surface area (TPSA) is 29.1 Å². The van der Waals surface area contributed by atoms with Gasteiger partial charge in [0.05, 0.1) is 11.8 Å². The van der Waals surface area contributed by atoms with Crippen LogP contribution < -0.4 is 5.32 Å². The third-order valence-electron chi connectivity index (χ3n) is 2.34. The van der Waals surface area contributed by atoms with Gasteiger partial charge in [-0.15, -0.1) is 23.1 Å². The number of carbonyl (C=O) groups excluding carboxylic acids is 1. The highest BCUT2D eigenvalue weighted by Crippen LogP contribution is 2.27. The van der Waals surface area contributed by atoms with E-state index in [4.69, 9.17) is 0 Å². The summed E-state index contributed by atoms with van der Waals surface area (Å²) in [5, 5.41) is 5.20. The molecule has 5 heteroatoms. The summed E-state index contributed by atoms with van der Waals surface area (Å²) >= 11 is 6.89. The second kappa shape index (κ2) is 5.37. The van der Waals surface area contributed by atoms with Crippen LogP contribution in [-0.4, -0.2) is 16.9 Å². The third-order valence-corrected chi connectivity index (χ3v) is 5.64. The van der Waals surface area contributed by atoms with Gasteiger partial charge in [0.25, 0.3) is 0 Å². The number of halogens is 1. The first-order chi connectivity index (χ1) is 7.27. The van der Waals surface area contributed by atoms with Crippen LogP contribution in [0.3, 0.4) is 0 Å². The Bertz CT molecular complexity index is 347. The second-order valence-corrected chi connectivity index (χ2v) is 6.58. The highest BCUT2D eigenvalue weighted by Gasteiger charge is 2.22. The Morgan fingerprint density at radius 1 is 1.67 bits per heavy atom. The van der Waals surface area contributed by atoms with E-state index in [0.29, 0.717) is 6.54 Å². The molecule has 1 unspecified atom stereocenters. The molecule has 0 aliphatic carbocycles. The molecule has 1 aliphatic heterocycles. The van der Waals surface area contributed by atoms with Crippen molar-refractivity contribution in [2.24, 2.45) is 0 Å². The van der Waals surface area contributed by atoms with Gasteiger partial charge in [-0.2, -0.15) is 0 Å². The number of hydrogen-bond acceptors (Lipinski definition) is 3. The van der Waals surface area contributed by atoms with E-state index in [2.05, 4.69) is 21.2 Å². The summed E-state index contributed by atoms with van der Waals surface area (Å²) in [6.07, 6.45) is 2.20. The summed E-state index contributed by atoms with van der Waals surface area (Å²) in [5.41, 5.74) is 0. The van der Waals surface area contributed by atoms with E-state index in [1.165, 1.54) is 11.3 Å². The zero-order chi connectivity index (χ0) is 10.7. The Balaban J connectivity index is 1.83. The maximum Gasteiger partial charge on any atom is 0.233 e. The number of carbonyl (C=O) groups is 1. The summed E-state index contributed by atoms with van der Waals surface area (Å²) in [6, 6.07) is 2.01. The molecule has 0 aromatic carbocycles. The Morgan fingerprint density at radius 3 is 3.13 bits per heavy atom. The van der Waals surface area contributed by atoms with Crippen molar-refractivity contribution in [2.45, 2.75) is 24.6 Å². The molecule has 2 heterocycles. The first-order valence-electron chi connectivity index (χ1n) is 4.88. The average molecular weight is 306 g/mol. The molecule has 1 saturated heterocycles. The monoisotopic (exact) mass is 305 g/mol. The quantitative estimate of drug-likeness (QED) is 0.930. The number of thiophene rings is 1. The fourth-order valence-electron chi connectivity index (χ4n) is 1.52. The summed E-state index contributed by atoms with van der Waals surface area (Å²) in [4.78, 5) is 12.9. The van der Waals surface area contributed by atoms with Gasteiger partial charge in [-0.05, 0) is 46.0 Å². The number of amides is 1. The first-order valence-corrected chi connectivity index (χ1v) is 7.60. The molecule has 0 bridgehead atoms. The Kier molecular flexibility index (Phi) is 4.11. The van der Waals surface area contributed by atoms with E-state index < -0.39 is 0 Å². The van der Waals surface area contributed by atoms with Crippen molar-refractivity contribution in [1.82, 2.24) is 5.32 Å². The molecule has 82 valence electrons. The van der Waals surface area contributed by atoms with E-state index in [1.807, 2.05) is 11.4 Å². The van der Waals surface area contributed by atoms with Gasteiger partial charge in [0.2, 0.25) is 5.91 Å². The van der Waals surface area contributed by atoms with Crippen LogP contribution in [0.5, 0.6) is 0 Å². The van der Waals surface area contributed by atoms with Crippen molar-refractivity contribution < 1.29 is 4.79 Å². The lowest BCUT2D eigenvalue weighted by molar-refractivity contribution is -0.120. The smallest absolute Gasteiger partial charge is 0.233 e. The van der Waals surface area contributed by atoms with Crippen LogP contribution in [0.25, 0.3) is 0 Å². The lowest BCUT2D eigenvalue weighted by atomic mass is 10.2. The van der Waals surface area contributed by atoms with Crippen molar-refractivity contribution >= 4 is 44.9 Å². The molecular formula is C10H12BrNOS2. The van der Waals surface area contributed by atoms with Crippen LogP contribution in [0.4, 0.5) is 0 Å². The SMILES string of the molecule is O=C(NCc1sccc1Br)C1CCCS1. The predicted octanol–water partition coefficient (Wildman–Crippen LogP) is 3.02. The predicted molar refractivity (Wildman–Crippen MR) is 69.3 cm³/mol. The van der Waals surface area contributed by atoms with Gasteiger partial charge in [0.15, 0.2) is 0 Å². The number of thioether (sulfide) groups is 1. The number of nitrogens with one attached hydrogen (secondary N) is 1. The van der Waals surface area contributed by atoms with Crippen molar-refractivity contribution in [2.75, 3.05) is 5.75 Å². The molecule has 1 N–H and O–H groups in total. The standard InChI is InChI=1S/C10H12BrNOS2/c11-7-3-5-15-9(7)6-12-10(13)8-2-1-4-14-8/h3,5,8H,1-2,4,6H2,(H,12,13). The largest absolute Gasteiger partial charge is 0.350 e. The number of hydrogen-bond donors (Lipinski definition) is 1. The van der Waals surface area contributed by atoms with Crippen LogP contribution in [0.2, 0.25) is 0 Å². The lowest BCUT2D eigenvalue weighted by Gasteiger charge is -2.08. The molecule has 0 spiro atoms. The molecule has 1 atom stereocenters. The molecule has 1 aromatic rings. The molecule has 1 aromatic heterocycles. The molecule has 2 rings (SSSR count). The minimum absolute atomic E-state index is 0.184. The maximum atomic E-state index is 11.7. The molecule has 0 saturated carbocycles. The van der Waals surface area contributed by atoms with Crippen molar-refractivity contribution in [1.29, 1.82) is 0 Å². The summed E-state index contributed by atoms with van der Waals surface area (Å²) in [7, 11) is 0. The normalized spacial score (nSPS) is 20.5. The molecular weight excluding hydrogens is 294 g/mol. The summed E-state index contributed by atoms with van der Waals surface area (Å²) < 4.78 is 1.09. The van der Waals surface area contributed by atoms with Crippen LogP contribution >= 0.6 is 39.0 Å². The van der Waals surface area contributed by atoms with Gasteiger partial charge in [0.1, 0.15) is 0 Å². The lowest BCUT2D eigenvalue weighted by Crippen LogP contribution is -2.30. The second-order valence-electron chi connectivity index (χ2n) is 3.41. The Labute approximate surface area is 106 Å². The average Bonchev–Trinajstić information content (AvgIpc) is 2.85. The minimum Gasteiger partial charge on any atom is -0.350 e. The van der Waals surface area contributed by atoms with Gasteiger partial charge < -0.3 is 5.32 Å². The van der Waals surface area contributed by atoms with Crippen LogP contribution in [-0.2, 0) is 11.3 Å². The summed E-state index contributed by atoms with van der Waals surface area (Å²) in [6.45, 7) is 0.647. The third kappa shape index (κ3) is 2.98. The Morgan fingerprint density at radius 2 is 2.53 bits per heavy atom. The fourth-order valence-corrected chi connectivity index (χ4v) is 4.13. The zero-order valence-electron chi connectivity index (χ0n) is 8.16. The number of rotatable bonds is 3. The van der Waals surface area contributed by atoms with Gasteiger partial charge in [-0.25, -0.2) is 0 Å². The zero-order valence-corrected chi connectivity index (χ0v) is 11.4. The van der Waals surface area contributed by atoms with Crippen LogP contribution in [0.15, 0.2) is 15.9 Å².